The second-order valence-electron chi connectivity index (χ2n) is 2.06. The van der Waals surface area contributed by atoms with Crippen LogP contribution in [0.5, 0.6) is 0 Å². The molecule has 1 N–H and O–H groups in total. The molecular formula is C7H10MgO2S. The van der Waals surface area contributed by atoms with E-state index in [0.29, 0.717) is 4.90 Å². The van der Waals surface area contributed by atoms with Crippen LogP contribution in [0.15, 0.2) is 29.2 Å². The van der Waals surface area contributed by atoms with Crippen LogP contribution in [0.1, 0.15) is 8.42 Å². The minimum absolute atomic E-state index is 0. The quantitative estimate of drug-likeness (QED) is 0.527. The van der Waals surface area contributed by atoms with E-state index >= 15 is 0 Å². The van der Waals surface area contributed by atoms with Crippen molar-refractivity contribution in [2.45, 2.75) is 11.8 Å². The summed E-state index contributed by atoms with van der Waals surface area (Å²) in [6, 6.07) is 6.91. The summed E-state index contributed by atoms with van der Waals surface area (Å²) in [6.07, 6.45) is 0. The maximum Gasteiger partial charge on any atom is 2.00 e. The molecule has 0 bridgehead atoms. The first kappa shape index (κ1) is 11.1. The van der Waals surface area contributed by atoms with Crippen molar-refractivity contribution in [3.05, 3.63) is 29.8 Å². The van der Waals surface area contributed by atoms with Crippen LogP contribution in [0.3, 0.4) is 0 Å². The number of benzene rings is 1. The maximum atomic E-state index is 10.4. The summed E-state index contributed by atoms with van der Waals surface area (Å²) in [5, 5.41) is 0. The van der Waals surface area contributed by atoms with E-state index in [2.05, 4.69) is 0 Å². The van der Waals surface area contributed by atoms with Crippen molar-refractivity contribution < 1.29 is 11.6 Å². The monoisotopic (exact) mass is 182 g/mol. The fourth-order valence-electron chi connectivity index (χ4n) is 0.655. The van der Waals surface area contributed by atoms with Crippen molar-refractivity contribution in [1.82, 2.24) is 0 Å². The molecule has 2 nitrogen and oxygen atoms in total. The molecule has 0 aliphatic carbocycles. The van der Waals surface area contributed by atoms with E-state index in [1.54, 1.807) is 12.1 Å². The molecule has 0 fully saturated rings. The largest absolute Gasteiger partial charge is 2.00 e. The molecule has 0 saturated carbocycles. The normalized spacial score (nSPS) is 11.8. The molecule has 1 aromatic rings. The van der Waals surface area contributed by atoms with Crippen molar-refractivity contribution in [3.8, 4) is 0 Å². The van der Waals surface area contributed by atoms with Gasteiger partial charge in [0.1, 0.15) is 0 Å². The SMILES string of the molecule is Cc1ccc(S(=O)O)cc1.[H-].[H-].[Mg+2]. The van der Waals surface area contributed by atoms with Crippen molar-refractivity contribution >= 4 is 34.1 Å². The molecule has 0 aromatic heterocycles. The van der Waals surface area contributed by atoms with Gasteiger partial charge in [-0.2, -0.15) is 0 Å². The third kappa shape index (κ3) is 3.33. The minimum Gasteiger partial charge on any atom is -1.00 e. The molecule has 1 rings (SSSR count). The van der Waals surface area contributed by atoms with Gasteiger partial charge in [-0.3, -0.25) is 0 Å². The Bertz CT molecular complexity index is 253. The zero-order valence-electron chi connectivity index (χ0n) is 8.28. The second-order valence-corrected chi connectivity index (χ2v) is 3.03. The van der Waals surface area contributed by atoms with Crippen LogP contribution in [0.4, 0.5) is 0 Å². The number of hydrogen-bond donors (Lipinski definition) is 1. The van der Waals surface area contributed by atoms with E-state index in [-0.39, 0.29) is 25.9 Å². The Balaban J connectivity index is -0.000000333. The third-order valence-electron chi connectivity index (χ3n) is 1.22. The molecule has 0 spiro atoms. The van der Waals surface area contributed by atoms with Gasteiger partial charge in [0.2, 0.25) is 0 Å². The van der Waals surface area contributed by atoms with E-state index in [0.717, 1.165) is 5.56 Å². The van der Waals surface area contributed by atoms with Crippen LogP contribution in [0.2, 0.25) is 0 Å². The Hall–Kier alpha value is 0.0962. The first-order chi connectivity index (χ1) is 4.70. The Morgan fingerprint density at radius 3 is 2.18 bits per heavy atom. The average Bonchev–Trinajstić information content (AvgIpc) is 1.88. The Labute approximate surface area is 87.4 Å². The van der Waals surface area contributed by atoms with Crippen molar-refractivity contribution in [2.24, 2.45) is 0 Å². The van der Waals surface area contributed by atoms with Gasteiger partial charge in [0.25, 0.3) is 0 Å². The van der Waals surface area contributed by atoms with Crippen LogP contribution in [0, 0.1) is 6.92 Å². The summed E-state index contributed by atoms with van der Waals surface area (Å²) in [7, 11) is 0. The van der Waals surface area contributed by atoms with Gasteiger partial charge in [-0.05, 0) is 19.1 Å². The topological polar surface area (TPSA) is 37.3 Å². The van der Waals surface area contributed by atoms with Gasteiger partial charge in [-0.25, -0.2) is 4.21 Å². The molecule has 0 amide bonds. The second kappa shape index (κ2) is 4.87. The zero-order chi connectivity index (χ0) is 7.56. The van der Waals surface area contributed by atoms with Gasteiger partial charge in [-0.1, -0.05) is 17.7 Å². The van der Waals surface area contributed by atoms with Gasteiger partial charge < -0.3 is 7.41 Å². The Morgan fingerprint density at radius 1 is 1.36 bits per heavy atom. The zero-order valence-corrected chi connectivity index (χ0v) is 8.51. The fourth-order valence-corrected chi connectivity index (χ4v) is 1.02. The van der Waals surface area contributed by atoms with Crippen LogP contribution in [0.25, 0.3) is 0 Å². The summed E-state index contributed by atoms with van der Waals surface area (Å²) < 4.78 is 19.0. The molecule has 0 heterocycles. The predicted molar refractivity (Wildman–Crippen MR) is 48.2 cm³/mol. The molecule has 1 aromatic carbocycles. The molecule has 0 radical (unpaired) electrons. The van der Waals surface area contributed by atoms with Gasteiger partial charge in [0, 0.05) is 0 Å². The van der Waals surface area contributed by atoms with E-state index in [4.69, 9.17) is 4.55 Å². The van der Waals surface area contributed by atoms with Gasteiger partial charge in [0.15, 0.2) is 11.1 Å². The molecule has 11 heavy (non-hydrogen) atoms. The first-order valence-corrected chi connectivity index (χ1v) is 3.98. The predicted octanol–water partition coefficient (Wildman–Crippen LogP) is 1.42. The van der Waals surface area contributed by atoms with Gasteiger partial charge in [-0.15, -0.1) is 0 Å². The number of rotatable bonds is 1. The first-order valence-electron chi connectivity index (χ1n) is 2.87. The molecule has 0 saturated heterocycles. The van der Waals surface area contributed by atoms with Gasteiger partial charge >= 0.3 is 23.1 Å². The molecule has 0 aliphatic heterocycles. The number of aryl methyl sites for hydroxylation is 1. The van der Waals surface area contributed by atoms with Gasteiger partial charge in [0.05, 0.1) is 4.90 Å². The minimum atomic E-state index is -1.84. The molecule has 0 aliphatic rings. The van der Waals surface area contributed by atoms with Crippen LogP contribution >= 0.6 is 0 Å². The van der Waals surface area contributed by atoms with Crippen molar-refractivity contribution in [2.75, 3.05) is 0 Å². The summed E-state index contributed by atoms with van der Waals surface area (Å²) >= 11 is -1.84. The third-order valence-corrected chi connectivity index (χ3v) is 1.90. The summed E-state index contributed by atoms with van der Waals surface area (Å²) in [4.78, 5) is 0.450. The molecule has 4 heteroatoms. The van der Waals surface area contributed by atoms with E-state index in [1.165, 1.54) is 0 Å². The Morgan fingerprint density at radius 2 is 1.82 bits per heavy atom. The van der Waals surface area contributed by atoms with Crippen LogP contribution < -0.4 is 0 Å². The maximum absolute atomic E-state index is 10.4. The molecule has 1 atom stereocenters. The van der Waals surface area contributed by atoms with E-state index in [9.17, 15) is 4.21 Å². The molecule has 58 valence electrons. The fraction of sp³-hybridized carbons (Fsp3) is 0.143. The average molecular weight is 183 g/mol. The Kier molecular flexibility index (Phi) is 4.91. The summed E-state index contributed by atoms with van der Waals surface area (Å²) in [5.41, 5.74) is 1.09. The number of hydrogen-bond acceptors (Lipinski definition) is 1. The standard InChI is InChI=1S/C7H8O2S.Mg.2H/c1-6-2-4-7(5-3-6)10(8)9;;;/h2-5H,1H3,(H,8,9);;;/q;+2;2*-1. The smallest absolute Gasteiger partial charge is 1.00 e. The van der Waals surface area contributed by atoms with Crippen LogP contribution in [-0.4, -0.2) is 31.8 Å². The van der Waals surface area contributed by atoms with Crippen molar-refractivity contribution in [1.29, 1.82) is 0 Å². The van der Waals surface area contributed by atoms with Crippen molar-refractivity contribution in [3.63, 3.8) is 0 Å². The molecule has 1 unspecified atom stereocenters. The van der Waals surface area contributed by atoms with Crippen LogP contribution in [-0.2, 0) is 11.1 Å². The van der Waals surface area contributed by atoms with E-state index in [1.807, 2.05) is 19.1 Å². The summed E-state index contributed by atoms with van der Waals surface area (Å²) in [5.74, 6) is 0. The van der Waals surface area contributed by atoms with E-state index < -0.39 is 11.1 Å². The molecular weight excluding hydrogens is 172 g/mol. The summed E-state index contributed by atoms with van der Waals surface area (Å²) in [6.45, 7) is 1.93.